The van der Waals surface area contributed by atoms with Crippen molar-refractivity contribution in [2.45, 2.75) is 46.2 Å². The number of nitrogens with one attached hydrogen (secondary N) is 1. The molecule has 1 N–H and O–H groups in total. The molecule has 0 spiro atoms. The summed E-state index contributed by atoms with van der Waals surface area (Å²) < 4.78 is 5.24. The van der Waals surface area contributed by atoms with Crippen LogP contribution in [-0.4, -0.2) is 41.0 Å². The van der Waals surface area contributed by atoms with Crippen LogP contribution >= 0.6 is 0 Å². The second-order valence-electron chi connectivity index (χ2n) is 8.90. The Bertz CT molecular complexity index is 1140. The number of aromatic nitrogens is 2. The Hall–Kier alpha value is -3.25. The van der Waals surface area contributed by atoms with E-state index in [-0.39, 0.29) is 5.91 Å². The summed E-state index contributed by atoms with van der Waals surface area (Å²) >= 11 is 0. The first-order valence-corrected chi connectivity index (χ1v) is 11.5. The summed E-state index contributed by atoms with van der Waals surface area (Å²) in [5.74, 6) is 1.74. The van der Waals surface area contributed by atoms with E-state index in [1.54, 1.807) is 13.3 Å². The van der Waals surface area contributed by atoms with Gasteiger partial charge in [0.25, 0.3) is 5.91 Å². The van der Waals surface area contributed by atoms with E-state index in [9.17, 15) is 4.79 Å². The van der Waals surface area contributed by atoms with Crippen molar-refractivity contribution in [3.05, 3.63) is 88.0 Å². The molecule has 0 aliphatic carbocycles. The molecule has 0 saturated carbocycles. The number of benzene rings is 2. The molecule has 1 amide bonds. The van der Waals surface area contributed by atoms with Gasteiger partial charge in [-0.2, -0.15) is 0 Å². The van der Waals surface area contributed by atoms with Gasteiger partial charge in [-0.15, -0.1) is 0 Å². The van der Waals surface area contributed by atoms with Gasteiger partial charge in [-0.1, -0.05) is 30.3 Å². The van der Waals surface area contributed by atoms with E-state index in [0.717, 1.165) is 48.9 Å². The van der Waals surface area contributed by atoms with Gasteiger partial charge in [-0.25, -0.2) is 9.97 Å². The number of hydrogen-bond acceptors (Lipinski definition) is 5. The quantitative estimate of drug-likeness (QED) is 0.588. The number of carbonyl (C=O) groups is 1. The van der Waals surface area contributed by atoms with Crippen LogP contribution in [0.25, 0.3) is 0 Å². The maximum atomic E-state index is 12.7. The number of methoxy groups -OCH3 is 1. The fourth-order valence-electron chi connectivity index (χ4n) is 4.31. The lowest BCUT2D eigenvalue weighted by atomic mass is 10.1. The lowest BCUT2D eigenvalue weighted by Gasteiger charge is -2.17. The van der Waals surface area contributed by atoms with Crippen LogP contribution < -0.4 is 10.1 Å². The largest absolute Gasteiger partial charge is 0.497 e. The average Bonchev–Trinajstić information content (AvgIpc) is 3.28. The van der Waals surface area contributed by atoms with Crippen molar-refractivity contribution in [2.24, 2.45) is 0 Å². The Morgan fingerprint density at radius 2 is 1.97 bits per heavy atom. The highest BCUT2D eigenvalue weighted by atomic mass is 16.5. The van der Waals surface area contributed by atoms with Crippen LogP contribution in [-0.2, 0) is 13.1 Å². The minimum atomic E-state index is -0.162. The molecule has 4 rings (SSSR count). The van der Waals surface area contributed by atoms with Gasteiger partial charge in [-0.3, -0.25) is 9.69 Å². The van der Waals surface area contributed by atoms with Gasteiger partial charge in [0.15, 0.2) is 0 Å². The van der Waals surface area contributed by atoms with Crippen molar-refractivity contribution in [3.63, 3.8) is 0 Å². The Labute approximate surface area is 196 Å². The molecule has 2 heterocycles. The molecule has 172 valence electrons. The van der Waals surface area contributed by atoms with E-state index in [0.29, 0.717) is 18.0 Å². The smallest absolute Gasteiger partial charge is 0.254 e. The Balaban J connectivity index is 1.35. The van der Waals surface area contributed by atoms with Crippen molar-refractivity contribution in [1.29, 1.82) is 0 Å². The Kier molecular flexibility index (Phi) is 7.04. The molecular weight excluding hydrogens is 412 g/mol. The third kappa shape index (κ3) is 5.57. The monoisotopic (exact) mass is 444 g/mol. The normalized spacial score (nSPS) is 16.1. The van der Waals surface area contributed by atoms with E-state index in [1.165, 1.54) is 16.7 Å². The summed E-state index contributed by atoms with van der Waals surface area (Å²) in [5.41, 5.74) is 6.23. The van der Waals surface area contributed by atoms with Gasteiger partial charge in [-0.05, 0) is 68.1 Å². The van der Waals surface area contributed by atoms with Gasteiger partial charge in [0.05, 0.1) is 18.4 Å². The summed E-state index contributed by atoms with van der Waals surface area (Å²) in [6.45, 7) is 9.53. The lowest BCUT2D eigenvalue weighted by molar-refractivity contribution is 0.0949. The maximum absolute atomic E-state index is 12.7. The third-order valence-electron chi connectivity index (χ3n) is 6.44. The zero-order valence-corrected chi connectivity index (χ0v) is 19.9. The van der Waals surface area contributed by atoms with Crippen LogP contribution in [0.1, 0.15) is 56.5 Å². The first-order chi connectivity index (χ1) is 15.9. The van der Waals surface area contributed by atoms with E-state index in [4.69, 9.17) is 9.72 Å². The molecule has 6 nitrogen and oxygen atoms in total. The zero-order valence-electron chi connectivity index (χ0n) is 19.9. The topological polar surface area (TPSA) is 67.3 Å². The maximum Gasteiger partial charge on any atom is 0.254 e. The van der Waals surface area contributed by atoms with Crippen LogP contribution in [0, 0.1) is 20.8 Å². The number of amides is 1. The molecule has 1 aliphatic rings. The van der Waals surface area contributed by atoms with E-state index in [1.807, 2.05) is 31.2 Å². The van der Waals surface area contributed by atoms with Crippen LogP contribution in [0.15, 0.2) is 48.7 Å². The molecular formula is C27H32N4O2. The van der Waals surface area contributed by atoms with E-state index < -0.39 is 0 Å². The predicted molar refractivity (Wildman–Crippen MR) is 129 cm³/mol. The molecule has 2 aromatic carbocycles. The molecule has 1 aromatic heterocycles. The lowest BCUT2D eigenvalue weighted by Crippen LogP contribution is -2.25. The van der Waals surface area contributed by atoms with Crippen molar-refractivity contribution in [2.75, 3.05) is 20.2 Å². The minimum absolute atomic E-state index is 0.162. The van der Waals surface area contributed by atoms with Crippen molar-refractivity contribution >= 4 is 5.91 Å². The van der Waals surface area contributed by atoms with Gasteiger partial charge >= 0.3 is 0 Å². The number of nitrogens with zero attached hydrogens (tertiary/aromatic N) is 3. The minimum Gasteiger partial charge on any atom is -0.497 e. The molecule has 1 saturated heterocycles. The van der Waals surface area contributed by atoms with Gasteiger partial charge in [0.2, 0.25) is 0 Å². The molecule has 6 heteroatoms. The molecule has 1 unspecified atom stereocenters. The van der Waals surface area contributed by atoms with Crippen molar-refractivity contribution in [3.8, 4) is 5.75 Å². The number of likely N-dealkylation sites (tertiary alicyclic amines) is 1. The Morgan fingerprint density at radius 3 is 2.73 bits per heavy atom. The summed E-state index contributed by atoms with van der Waals surface area (Å²) in [4.78, 5) is 24.4. The molecule has 1 atom stereocenters. The summed E-state index contributed by atoms with van der Waals surface area (Å²) in [6.07, 6.45) is 2.70. The standard InChI is InChI=1S/C27H32N4O2/c1-18-8-9-22(12-19(18)2)16-31-11-10-23(17-31)26-28-15-25(20(3)30-26)27(32)29-14-21-6-5-7-24(13-21)33-4/h5-9,12-13,15,23H,10-11,14,16-17H2,1-4H3,(H,29,32). The molecule has 1 aliphatic heterocycles. The summed E-state index contributed by atoms with van der Waals surface area (Å²) in [6, 6.07) is 14.4. The SMILES string of the molecule is COc1cccc(CNC(=O)c2cnc(C3CCN(Cc4ccc(C)c(C)c4)C3)nc2C)c1. The fourth-order valence-corrected chi connectivity index (χ4v) is 4.31. The van der Waals surface area contributed by atoms with Gasteiger partial charge in [0, 0.05) is 31.7 Å². The highest BCUT2D eigenvalue weighted by Crippen LogP contribution is 2.26. The van der Waals surface area contributed by atoms with Crippen molar-refractivity contribution in [1.82, 2.24) is 20.2 Å². The van der Waals surface area contributed by atoms with Gasteiger partial charge < -0.3 is 10.1 Å². The summed E-state index contributed by atoms with van der Waals surface area (Å²) in [7, 11) is 1.63. The second kappa shape index (κ2) is 10.1. The first-order valence-electron chi connectivity index (χ1n) is 11.5. The third-order valence-corrected chi connectivity index (χ3v) is 6.44. The van der Waals surface area contributed by atoms with Crippen LogP contribution in [0.3, 0.4) is 0 Å². The van der Waals surface area contributed by atoms with Crippen LogP contribution in [0.4, 0.5) is 0 Å². The van der Waals surface area contributed by atoms with E-state index in [2.05, 4.69) is 47.2 Å². The molecule has 33 heavy (non-hydrogen) atoms. The van der Waals surface area contributed by atoms with Crippen LogP contribution in [0.5, 0.6) is 5.75 Å². The summed E-state index contributed by atoms with van der Waals surface area (Å²) in [5, 5.41) is 2.96. The number of rotatable bonds is 7. The van der Waals surface area contributed by atoms with Gasteiger partial charge in [0.1, 0.15) is 11.6 Å². The zero-order chi connectivity index (χ0) is 23.4. The van der Waals surface area contributed by atoms with E-state index >= 15 is 0 Å². The van der Waals surface area contributed by atoms with Crippen LogP contribution in [0.2, 0.25) is 0 Å². The number of aryl methyl sites for hydroxylation is 3. The fraction of sp³-hybridized carbons (Fsp3) is 0.370. The highest BCUT2D eigenvalue weighted by molar-refractivity contribution is 5.94. The first kappa shape index (κ1) is 22.9. The Morgan fingerprint density at radius 1 is 1.12 bits per heavy atom. The average molecular weight is 445 g/mol. The number of hydrogen-bond donors (Lipinski definition) is 1. The number of carbonyl (C=O) groups excluding carboxylic acids is 1. The molecule has 0 radical (unpaired) electrons. The number of ether oxygens (including phenoxy) is 1. The van der Waals surface area contributed by atoms with Crippen molar-refractivity contribution < 1.29 is 9.53 Å². The second-order valence-corrected chi connectivity index (χ2v) is 8.90. The molecule has 0 bridgehead atoms. The molecule has 1 fully saturated rings. The molecule has 3 aromatic rings. The predicted octanol–water partition coefficient (Wildman–Crippen LogP) is 4.33. The highest BCUT2D eigenvalue weighted by Gasteiger charge is 2.27.